The summed E-state index contributed by atoms with van der Waals surface area (Å²) in [6.07, 6.45) is 2.04. The van der Waals surface area contributed by atoms with E-state index in [2.05, 4.69) is 17.1 Å². The van der Waals surface area contributed by atoms with Crippen molar-refractivity contribution in [3.63, 3.8) is 0 Å². The summed E-state index contributed by atoms with van der Waals surface area (Å²) >= 11 is 0. The second kappa shape index (κ2) is 4.06. The molecule has 0 bridgehead atoms. The molecule has 0 amide bonds. The van der Waals surface area contributed by atoms with E-state index in [1.165, 1.54) is 0 Å². The number of hydrogen-bond acceptors (Lipinski definition) is 3. The maximum Gasteiger partial charge on any atom is 0.343 e. The van der Waals surface area contributed by atoms with E-state index in [0.29, 0.717) is 18.9 Å². The minimum absolute atomic E-state index is 0.163. The van der Waals surface area contributed by atoms with Gasteiger partial charge in [0.15, 0.2) is 0 Å². The molecule has 0 radical (unpaired) electrons. The lowest BCUT2D eigenvalue weighted by Gasteiger charge is -2.00. The van der Waals surface area contributed by atoms with Crippen molar-refractivity contribution in [2.45, 2.75) is 32.9 Å². The molecule has 1 rings (SSSR count). The topological polar surface area (TPSA) is 76.7 Å². The number of rotatable bonds is 4. The van der Waals surface area contributed by atoms with Crippen LogP contribution in [0.2, 0.25) is 0 Å². The average molecular weight is 170 g/mol. The SMILES string of the molecule is CCCCn1c(CN)n[nH]c1=O. The molecule has 3 N–H and O–H groups in total. The number of hydrogen-bond donors (Lipinski definition) is 2. The fraction of sp³-hybridized carbons (Fsp3) is 0.714. The van der Waals surface area contributed by atoms with Crippen molar-refractivity contribution in [3.8, 4) is 0 Å². The Bertz CT molecular complexity index is 288. The molecule has 1 aromatic rings. The van der Waals surface area contributed by atoms with E-state index in [1.807, 2.05) is 0 Å². The van der Waals surface area contributed by atoms with Gasteiger partial charge in [0, 0.05) is 6.54 Å². The minimum Gasteiger partial charge on any atom is -0.324 e. The Hall–Kier alpha value is -1.10. The zero-order chi connectivity index (χ0) is 8.97. The quantitative estimate of drug-likeness (QED) is 0.658. The normalized spacial score (nSPS) is 10.5. The largest absolute Gasteiger partial charge is 0.343 e. The maximum absolute atomic E-state index is 11.1. The van der Waals surface area contributed by atoms with Gasteiger partial charge in [-0.05, 0) is 6.42 Å². The molecule has 68 valence electrons. The predicted molar refractivity (Wildman–Crippen MR) is 45.6 cm³/mol. The summed E-state index contributed by atoms with van der Waals surface area (Å²) in [5, 5.41) is 6.16. The summed E-state index contributed by atoms with van der Waals surface area (Å²) in [7, 11) is 0. The van der Waals surface area contributed by atoms with Crippen LogP contribution >= 0.6 is 0 Å². The lowest BCUT2D eigenvalue weighted by atomic mass is 10.3. The van der Waals surface area contributed by atoms with Crippen molar-refractivity contribution >= 4 is 0 Å². The van der Waals surface area contributed by atoms with Crippen LogP contribution in [0.4, 0.5) is 0 Å². The fourth-order valence-electron chi connectivity index (χ4n) is 1.05. The highest BCUT2D eigenvalue weighted by atomic mass is 16.1. The van der Waals surface area contributed by atoms with Gasteiger partial charge in [0.25, 0.3) is 0 Å². The van der Waals surface area contributed by atoms with Crippen LogP contribution in [0.5, 0.6) is 0 Å². The van der Waals surface area contributed by atoms with E-state index in [0.717, 1.165) is 12.8 Å². The molecule has 0 aromatic carbocycles. The van der Waals surface area contributed by atoms with Crippen molar-refractivity contribution in [1.82, 2.24) is 14.8 Å². The summed E-state index contributed by atoms with van der Waals surface area (Å²) in [4.78, 5) is 11.1. The second-order valence-electron chi connectivity index (χ2n) is 2.65. The smallest absolute Gasteiger partial charge is 0.324 e. The lowest BCUT2D eigenvalue weighted by molar-refractivity contribution is 0.588. The van der Waals surface area contributed by atoms with Gasteiger partial charge >= 0.3 is 5.69 Å². The van der Waals surface area contributed by atoms with Gasteiger partial charge in [0.2, 0.25) is 0 Å². The van der Waals surface area contributed by atoms with Gasteiger partial charge < -0.3 is 5.73 Å². The molecule has 12 heavy (non-hydrogen) atoms. The third kappa shape index (κ3) is 1.73. The first kappa shape index (κ1) is 8.99. The molecule has 0 fully saturated rings. The molecule has 0 aliphatic rings. The summed E-state index contributed by atoms with van der Waals surface area (Å²) in [5.74, 6) is 0.633. The van der Waals surface area contributed by atoms with Gasteiger partial charge in [-0.2, -0.15) is 5.10 Å². The molecule has 0 spiro atoms. The van der Waals surface area contributed by atoms with Crippen LogP contribution < -0.4 is 11.4 Å². The Balaban J connectivity index is 2.79. The monoisotopic (exact) mass is 170 g/mol. The molecule has 0 saturated carbocycles. The molecule has 0 atom stereocenters. The number of nitrogens with zero attached hydrogens (tertiary/aromatic N) is 2. The van der Waals surface area contributed by atoms with Gasteiger partial charge in [-0.25, -0.2) is 9.89 Å². The highest BCUT2D eigenvalue weighted by Crippen LogP contribution is 1.94. The standard InChI is InChI=1S/C7H14N4O/c1-2-3-4-11-6(5-8)9-10-7(11)12/h2-5,8H2,1H3,(H,10,12). The van der Waals surface area contributed by atoms with Crippen molar-refractivity contribution < 1.29 is 0 Å². The Labute approximate surface area is 70.6 Å². The van der Waals surface area contributed by atoms with Crippen molar-refractivity contribution in [2.75, 3.05) is 0 Å². The molecule has 1 aromatic heterocycles. The highest BCUT2D eigenvalue weighted by molar-refractivity contribution is 4.84. The zero-order valence-corrected chi connectivity index (χ0v) is 7.21. The second-order valence-corrected chi connectivity index (χ2v) is 2.65. The number of H-pyrrole nitrogens is 1. The summed E-state index contributed by atoms with van der Waals surface area (Å²) in [6.45, 7) is 3.09. The van der Waals surface area contributed by atoms with Crippen LogP contribution in [0.25, 0.3) is 0 Å². The van der Waals surface area contributed by atoms with Crippen LogP contribution in [0.3, 0.4) is 0 Å². The molecule has 0 aliphatic carbocycles. The maximum atomic E-state index is 11.1. The van der Waals surface area contributed by atoms with Crippen LogP contribution in [0, 0.1) is 0 Å². The van der Waals surface area contributed by atoms with E-state index in [1.54, 1.807) is 4.57 Å². The van der Waals surface area contributed by atoms with Crippen LogP contribution in [0.1, 0.15) is 25.6 Å². The number of nitrogens with one attached hydrogen (secondary N) is 1. The molecular weight excluding hydrogens is 156 g/mol. The van der Waals surface area contributed by atoms with Gasteiger partial charge in [-0.1, -0.05) is 13.3 Å². The Kier molecular flexibility index (Phi) is 3.04. The first-order valence-electron chi connectivity index (χ1n) is 4.13. The van der Waals surface area contributed by atoms with E-state index < -0.39 is 0 Å². The number of nitrogens with two attached hydrogens (primary N) is 1. The van der Waals surface area contributed by atoms with Crippen molar-refractivity contribution in [1.29, 1.82) is 0 Å². The first-order valence-corrected chi connectivity index (χ1v) is 4.13. The van der Waals surface area contributed by atoms with Crippen LogP contribution in [0.15, 0.2) is 4.79 Å². The molecule has 0 unspecified atom stereocenters. The van der Waals surface area contributed by atoms with Gasteiger partial charge in [0.1, 0.15) is 5.82 Å². The van der Waals surface area contributed by atoms with Gasteiger partial charge in [-0.3, -0.25) is 4.57 Å². The predicted octanol–water partition coefficient (Wildman–Crippen LogP) is -0.170. The van der Waals surface area contributed by atoms with Crippen molar-refractivity contribution in [3.05, 3.63) is 16.3 Å². The van der Waals surface area contributed by atoms with E-state index in [4.69, 9.17) is 5.73 Å². The molecule has 0 saturated heterocycles. The number of aromatic amines is 1. The number of unbranched alkanes of at least 4 members (excludes halogenated alkanes) is 1. The van der Waals surface area contributed by atoms with Gasteiger partial charge in [0.05, 0.1) is 6.54 Å². The Morgan fingerprint density at radius 1 is 1.67 bits per heavy atom. The van der Waals surface area contributed by atoms with Crippen LogP contribution in [-0.4, -0.2) is 14.8 Å². The van der Waals surface area contributed by atoms with E-state index in [-0.39, 0.29) is 5.69 Å². The van der Waals surface area contributed by atoms with Crippen molar-refractivity contribution in [2.24, 2.45) is 5.73 Å². The minimum atomic E-state index is -0.163. The summed E-state index contributed by atoms with van der Waals surface area (Å²) in [6, 6.07) is 0. The third-order valence-electron chi connectivity index (χ3n) is 1.76. The Morgan fingerprint density at radius 3 is 3.00 bits per heavy atom. The zero-order valence-electron chi connectivity index (χ0n) is 7.21. The van der Waals surface area contributed by atoms with Crippen LogP contribution in [-0.2, 0) is 13.1 Å². The molecule has 1 heterocycles. The summed E-state index contributed by atoms with van der Waals surface area (Å²) < 4.78 is 1.59. The van der Waals surface area contributed by atoms with Gasteiger partial charge in [-0.15, -0.1) is 0 Å². The lowest BCUT2D eigenvalue weighted by Crippen LogP contribution is -2.20. The molecule has 5 nitrogen and oxygen atoms in total. The van der Waals surface area contributed by atoms with E-state index in [9.17, 15) is 4.79 Å². The number of aromatic nitrogens is 3. The fourth-order valence-corrected chi connectivity index (χ4v) is 1.05. The third-order valence-corrected chi connectivity index (χ3v) is 1.76. The first-order chi connectivity index (χ1) is 5.79. The Morgan fingerprint density at radius 2 is 2.42 bits per heavy atom. The molecule has 0 aliphatic heterocycles. The molecule has 5 heteroatoms. The highest BCUT2D eigenvalue weighted by Gasteiger charge is 2.04. The average Bonchev–Trinajstić information content (AvgIpc) is 2.43. The summed E-state index contributed by atoms with van der Waals surface area (Å²) in [5.41, 5.74) is 5.23. The van der Waals surface area contributed by atoms with E-state index >= 15 is 0 Å². The molecular formula is C7H14N4O.